The number of carbonyl (C=O) groups is 2. The van der Waals surface area contributed by atoms with E-state index in [9.17, 15) is 9.59 Å². The molecule has 2 unspecified atom stereocenters. The van der Waals surface area contributed by atoms with Crippen LogP contribution in [0.25, 0.3) is 6.08 Å². The van der Waals surface area contributed by atoms with Gasteiger partial charge in [0.1, 0.15) is 11.5 Å². The Kier molecular flexibility index (Phi) is 5.72. The second-order valence-corrected chi connectivity index (χ2v) is 7.86. The van der Waals surface area contributed by atoms with Gasteiger partial charge in [-0.15, -0.1) is 0 Å². The summed E-state index contributed by atoms with van der Waals surface area (Å²) in [6.45, 7) is 1.99. The van der Waals surface area contributed by atoms with E-state index in [0.29, 0.717) is 0 Å². The van der Waals surface area contributed by atoms with Crippen LogP contribution in [0.2, 0.25) is 0 Å². The lowest BCUT2D eigenvalue weighted by Gasteiger charge is -2.37. The molecule has 4 nitrogen and oxygen atoms in total. The van der Waals surface area contributed by atoms with E-state index in [4.69, 9.17) is 4.74 Å². The number of hydrogen-bond acceptors (Lipinski definition) is 4. The van der Waals surface area contributed by atoms with Crippen LogP contribution in [-0.4, -0.2) is 18.9 Å². The van der Waals surface area contributed by atoms with Crippen LogP contribution in [0.4, 0.5) is 5.69 Å². The van der Waals surface area contributed by atoms with Crippen molar-refractivity contribution in [3.63, 3.8) is 0 Å². The molecule has 0 saturated carbocycles. The molecule has 31 heavy (non-hydrogen) atoms. The van der Waals surface area contributed by atoms with Crippen molar-refractivity contribution in [2.75, 3.05) is 12.4 Å². The number of aryl methyl sites for hydroxylation is 1. The predicted octanol–water partition coefficient (Wildman–Crippen LogP) is 4.93. The van der Waals surface area contributed by atoms with Crippen molar-refractivity contribution in [3.8, 4) is 0 Å². The summed E-state index contributed by atoms with van der Waals surface area (Å²) >= 11 is 0. The molecule has 0 radical (unpaired) electrons. The highest BCUT2D eigenvalue weighted by Gasteiger charge is 2.49. The summed E-state index contributed by atoms with van der Waals surface area (Å²) in [5, 5.41) is 3.57. The minimum Gasteiger partial charge on any atom is -0.468 e. The number of esters is 1. The number of ether oxygens (including phenoxy) is 1. The van der Waals surface area contributed by atoms with E-state index in [0.717, 1.165) is 27.9 Å². The summed E-state index contributed by atoms with van der Waals surface area (Å²) < 4.78 is 5.13. The molecule has 0 aromatic heterocycles. The van der Waals surface area contributed by atoms with Crippen molar-refractivity contribution in [2.24, 2.45) is 5.92 Å². The summed E-state index contributed by atoms with van der Waals surface area (Å²) in [5.74, 6) is -1.76. The molecule has 0 amide bonds. The Labute approximate surface area is 182 Å². The highest BCUT2D eigenvalue weighted by atomic mass is 16.5. The van der Waals surface area contributed by atoms with Crippen LogP contribution in [-0.2, 0) is 26.3 Å². The maximum absolute atomic E-state index is 13.5. The van der Waals surface area contributed by atoms with Crippen molar-refractivity contribution in [3.05, 3.63) is 107 Å². The van der Waals surface area contributed by atoms with E-state index in [1.165, 1.54) is 7.11 Å². The standard InChI is InChI=1S/C27H25NO3/c1-19-13-14-23-21(17-19)18-24(29)25(26(30)31-2)27(28-23,22-11-7-4-8-12-22)16-15-20-9-5-3-6-10-20/h3-17,25,28H,18H2,1-2H3/b16-15+. The van der Waals surface area contributed by atoms with Crippen LogP contribution in [0.1, 0.15) is 22.3 Å². The average molecular weight is 412 g/mol. The van der Waals surface area contributed by atoms with E-state index < -0.39 is 17.4 Å². The molecule has 1 aliphatic heterocycles. The normalized spacial score (nSPS) is 20.6. The van der Waals surface area contributed by atoms with Gasteiger partial charge in [0, 0.05) is 12.1 Å². The highest BCUT2D eigenvalue weighted by molar-refractivity contribution is 6.04. The van der Waals surface area contributed by atoms with Crippen molar-refractivity contribution < 1.29 is 14.3 Å². The zero-order chi connectivity index (χ0) is 21.8. The Balaban J connectivity index is 1.97. The molecule has 156 valence electrons. The van der Waals surface area contributed by atoms with Crippen molar-refractivity contribution in [1.29, 1.82) is 0 Å². The monoisotopic (exact) mass is 411 g/mol. The van der Waals surface area contributed by atoms with E-state index >= 15 is 0 Å². The lowest BCUT2D eigenvalue weighted by molar-refractivity contribution is -0.151. The first-order valence-electron chi connectivity index (χ1n) is 10.3. The molecule has 0 bridgehead atoms. The number of methoxy groups -OCH3 is 1. The van der Waals surface area contributed by atoms with E-state index in [-0.39, 0.29) is 12.2 Å². The third kappa shape index (κ3) is 4.02. The van der Waals surface area contributed by atoms with Gasteiger partial charge >= 0.3 is 5.97 Å². The van der Waals surface area contributed by atoms with Gasteiger partial charge in [-0.05, 0) is 29.7 Å². The number of hydrogen-bond donors (Lipinski definition) is 1. The Morgan fingerprint density at radius 3 is 2.39 bits per heavy atom. The molecular formula is C27H25NO3. The smallest absolute Gasteiger partial charge is 0.319 e. The van der Waals surface area contributed by atoms with Gasteiger partial charge in [0.05, 0.1) is 7.11 Å². The predicted molar refractivity (Wildman–Crippen MR) is 123 cm³/mol. The number of rotatable bonds is 4. The van der Waals surface area contributed by atoms with Crippen LogP contribution in [0.3, 0.4) is 0 Å². The lowest BCUT2D eigenvalue weighted by atomic mass is 9.75. The van der Waals surface area contributed by atoms with Crippen LogP contribution in [0, 0.1) is 12.8 Å². The fourth-order valence-corrected chi connectivity index (χ4v) is 4.24. The quantitative estimate of drug-likeness (QED) is 0.489. The zero-order valence-corrected chi connectivity index (χ0v) is 17.7. The highest BCUT2D eigenvalue weighted by Crippen LogP contribution is 2.41. The molecule has 4 rings (SSSR count). The lowest BCUT2D eigenvalue weighted by Crippen LogP contribution is -2.48. The van der Waals surface area contributed by atoms with Crippen LogP contribution in [0.15, 0.2) is 84.9 Å². The van der Waals surface area contributed by atoms with E-state index in [2.05, 4.69) is 5.32 Å². The molecule has 1 N–H and O–H groups in total. The molecule has 4 heteroatoms. The fourth-order valence-electron chi connectivity index (χ4n) is 4.24. The number of anilines is 1. The third-order valence-electron chi connectivity index (χ3n) is 5.77. The summed E-state index contributed by atoms with van der Waals surface area (Å²) in [5.41, 5.74) is 3.48. The van der Waals surface area contributed by atoms with E-state index in [1.807, 2.05) is 97.9 Å². The topological polar surface area (TPSA) is 55.4 Å². The third-order valence-corrected chi connectivity index (χ3v) is 5.77. The molecule has 1 heterocycles. The van der Waals surface area contributed by atoms with Crippen LogP contribution >= 0.6 is 0 Å². The van der Waals surface area contributed by atoms with Crippen LogP contribution in [0.5, 0.6) is 0 Å². The molecule has 0 fully saturated rings. The first kappa shape index (κ1) is 20.6. The maximum atomic E-state index is 13.5. The van der Waals surface area contributed by atoms with Gasteiger partial charge in [-0.25, -0.2) is 0 Å². The summed E-state index contributed by atoms with van der Waals surface area (Å²) in [6.07, 6.45) is 4.03. The second kappa shape index (κ2) is 8.60. The first-order chi connectivity index (χ1) is 15.0. The molecule has 3 aromatic rings. The summed E-state index contributed by atoms with van der Waals surface area (Å²) in [6, 6.07) is 25.4. The number of ketones is 1. The zero-order valence-electron chi connectivity index (χ0n) is 17.7. The van der Waals surface area contributed by atoms with Gasteiger partial charge in [-0.1, -0.05) is 90.5 Å². The summed E-state index contributed by atoms with van der Waals surface area (Å²) in [7, 11) is 1.33. The van der Waals surface area contributed by atoms with Gasteiger partial charge in [0.2, 0.25) is 0 Å². The first-order valence-corrected chi connectivity index (χ1v) is 10.3. The van der Waals surface area contributed by atoms with Gasteiger partial charge in [-0.3, -0.25) is 9.59 Å². The molecule has 3 aromatic carbocycles. The van der Waals surface area contributed by atoms with Crippen LogP contribution < -0.4 is 5.32 Å². The number of carbonyl (C=O) groups excluding carboxylic acids is 2. The number of Topliss-reactive ketones (excluding diaryl/α,β-unsaturated/α-hetero) is 1. The Morgan fingerprint density at radius 1 is 1.03 bits per heavy atom. The maximum Gasteiger partial charge on any atom is 0.319 e. The van der Waals surface area contributed by atoms with Crippen molar-refractivity contribution in [2.45, 2.75) is 18.9 Å². The Hall–Kier alpha value is -3.66. The largest absolute Gasteiger partial charge is 0.468 e. The molecule has 0 saturated heterocycles. The van der Waals surface area contributed by atoms with Crippen molar-refractivity contribution in [1.82, 2.24) is 0 Å². The second-order valence-electron chi connectivity index (χ2n) is 7.86. The minimum absolute atomic E-state index is 0.164. The Morgan fingerprint density at radius 2 is 1.71 bits per heavy atom. The van der Waals surface area contributed by atoms with Gasteiger partial charge < -0.3 is 10.1 Å². The van der Waals surface area contributed by atoms with Gasteiger partial charge in [-0.2, -0.15) is 0 Å². The minimum atomic E-state index is -1.10. The average Bonchev–Trinajstić information content (AvgIpc) is 2.92. The number of fused-ring (bicyclic) bond motifs is 1. The molecular weight excluding hydrogens is 386 g/mol. The fraction of sp³-hybridized carbons (Fsp3) is 0.185. The molecule has 2 atom stereocenters. The number of benzene rings is 3. The molecule has 0 spiro atoms. The SMILES string of the molecule is COC(=O)C1C(=O)Cc2cc(C)ccc2NC1(/C=C/c1ccccc1)c1ccccc1. The van der Waals surface area contributed by atoms with Crippen molar-refractivity contribution >= 4 is 23.5 Å². The van der Waals surface area contributed by atoms with E-state index in [1.54, 1.807) is 0 Å². The number of nitrogens with one attached hydrogen (secondary N) is 1. The molecule has 0 aliphatic carbocycles. The Bertz CT molecular complexity index is 1120. The summed E-state index contributed by atoms with van der Waals surface area (Å²) in [4.78, 5) is 26.5. The van der Waals surface area contributed by atoms with Gasteiger partial charge in [0.15, 0.2) is 5.78 Å². The van der Waals surface area contributed by atoms with Gasteiger partial charge in [0.25, 0.3) is 0 Å². The molecule has 1 aliphatic rings.